The Balaban J connectivity index is 1.89. The summed E-state index contributed by atoms with van der Waals surface area (Å²) in [5.41, 5.74) is 2.16. The first-order valence-electron chi connectivity index (χ1n) is 6.39. The van der Waals surface area contributed by atoms with Crippen LogP contribution in [0.3, 0.4) is 0 Å². The second kappa shape index (κ2) is 6.99. The summed E-state index contributed by atoms with van der Waals surface area (Å²) >= 11 is 1.21. The third kappa shape index (κ3) is 4.68. The number of carbonyl (C=O) groups excluding carboxylic acids is 2. The Morgan fingerprint density at radius 2 is 1.71 bits per heavy atom. The zero-order valence-electron chi connectivity index (χ0n) is 11.8. The van der Waals surface area contributed by atoms with E-state index >= 15 is 0 Å². The van der Waals surface area contributed by atoms with Crippen LogP contribution < -0.4 is 5.32 Å². The predicted molar refractivity (Wildman–Crippen MR) is 81.1 cm³/mol. The molecule has 5 nitrogen and oxygen atoms in total. The van der Waals surface area contributed by atoms with Crippen LogP contribution in [0.1, 0.15) is 21.7 Å². The van der Waals surface area contributed by atoms with Crippen LogP contribution in [-0.2, 0) is 4.79 Å². The quantitative estimate of drug-likeness (QED) is 0.692. The fourth-order valence-corrected chi connectivity index (χ4v) is 2.46. The number of aromatic nitrogens is 2. The molecule has 0 atom stereocenters. The van der Waals surface area contributed by atoms with Crippen LogP contribution >= 0.6 is 11.8 Å². The second-order valence-electron chi connectivity index (χ2n) is 4.47. The number of benzene rings is 1. The zero-order chi connectivity index (χ0) is 15.2. The number of nitrogens with zero attached hydrogens (tertiary/aromatic N) is 2. The molecule has 0 radical (unpaired) electrons. The molecule has 1 aromatic heterocycles. The van der Waals surface area contributed by atoms with Gasteiger partial charge < -0.3 is 0 Å². The van der Waals surface area contributed by atoms with Gasteiger partial charge in [-0.3, -0.25) is 14.9 Å². The summed E-state index contributed by atoms with van der Waals surface area (Å²) in [7, 11) is 0. The Labute approximate surface area is 127 Å². The summed E-state index contributed by atoms with van der Waals surface area (Å²) < 4.78 is 0. The van der Waals surface area contributed by atoms with Gasteiger partial charge in [-0.25, -0.2) is 9.97 Å². The van der Waals surface area contributed by atoms with Gasteiger partial charge in [-0.05, 0) is 32.0 Å². The molecule has 0 aliphatic heterocycles. The number of thioether (sulfide) groups is 1. The minimum Gasteiger partial charge on any atom is -0.292 e. The molecule has 0 aliphatic rings. The fourth-order valence-electron chi connectivity index (χ4n) is 1.71. The molecule has 1 heterocycles. The summed E-state index contributed by atoms with van der Waals surface area (Å²) in [6, 6.07) is 10.5. The van der Waals surface area contributed by atoms with Crippen LogP contribution in [0.15, 0.2) is 41.6 Å². The van der Waals surface area contributed by atoms with Gasteiger partial charge >= 0.3 is 0 Å². The van der Waals surface area contributed by atoms with Gasteiger partial charge in [-0.2, -0.15) is 0 Å². The Bertz CT molecular complexity index is 639. The summed E-state index contributed by atoms with van der Waals surface area (Å²) in [6.07, 6.45) is 0. The van der Waals surface area contributed by atoms with E-state index in [1.807, 2.05) is 26.0 Å². The number of aryl methyl sites for hydroxylation is 2. The molecule has 2 amide bonds. The summed E-state index contributed by atoms with van der Waals surface area (Å²) in [6.45, 7) is 3.75. The highest BCUT2D eigenvalue weighted by molar-refractivity contribution is 7.99. The van der Waals surface area contributed by atoms with Crippen molar-refractivity contribution in [3.8, 4) is 0 Å². The van der Waals surface area contributed by atoms with Crippen molar-refractivity contribution >= 4 is 23.6 Å². The van der Waals surface area contributed by atoms with E-state index in [1.54, 1.807) is 24.3 Å². The molecule has 21 heavy (non-hydrogen) atoms. The molecule has 0 aliphatic carbocycles. The Hall–Kier alpha value is -2.21. The standard InChI is InChI=1S/C15H15N3O2S/c1-10-8-11(2)17-15(16-10)21-9-13(19)18-14(20)12-6-4-3-5-7-12/h3-8H,9H2,1-2H3,(H,18,19,20). The van der Waals surface area contributed by atoms with E-state index in [-0.39, 0.29) is 11.7 Å². The number of carbonyl (C=O) groups is 2. The van der Waals surface area contributed by atoms with Crippen molar-refractivity contribution in [1.29, 1.82) is 0 Å². The molecular weight excluding hydrogens is 286 g/mol. The smallest absolute Gasteiger partial charge is 0.257 e. The van der Waals surface area contributed by atoms with Crippen molar-refractivity contribution in [2.45, 2.75) is 19.0 Å². The lowest BCUT2D eigenvalue weighted by molar-refractivity contribution is -0.117. The van der Waals surface area contributed by atoms with Crippen LogP contribution in [-0.4, -0.2) is 27.5 Å². The van der Waals surface area contributed by atoms with Gasteiger partial charge in [-0.1, -0.05) is 30.0 Å². The second-order valence-corrected chi connectivity index (χ2v) is 5.41. The number of nitrogens with one attached hydrogen (secondary N) is 1. The lowest BCUT2D eigenvalue weighted by Crippen LogP contribution is -2.31. The molecular formula is C15H15N3O2S. The van der Waals surface area contributed by atoms with E-state index in [1.165, 1.54) is 11.8 Å². The number of hydrogen-bond acceptors (Lipinski definition) is 5. The molecule has 2 rings (SSSR count). The average Bonchev–Trinajstić information content (AvgIpc) is 2.45. The number of rotatable bonds is 4. The van der Waals surface area contributed by atoms with E-state index in [0.29, 0.717) is 10.7 Å². The van der Waals surface area contributed by atoms with Gasteiger partial charge in [0.1, 0.15) is 0 Å². The lowest BCUT2D eigenvalue weighted by Gasteiger charge is -2.04. The van der Waals surface area contributed by atoms with Gasteiger partial charge in [0.25, 0.3) is 5.91 Å². The van der Waals surface area contributed by atoms with Gasteiger partial charge in [-0.15, -0.1) is 0 Å². The van der Waals surface area contributed by atoms with E-state index in [0.717, 1.165) is 11.4 Å². The summed E-state index contributed by atoms with van der Waals surface area (Å²) in [4.78, 5) is 32.0. The molecule has 0 saturated heterocycles. The van der Waals surface area contributed by atoms with E-state index in [2.05, 4.69) is 15.3 Å². The molecule has 0 fully saturated rings. The van der Waals surface area contributed by atoms with Crippen LogP contribution in [0.2, 0.25) is 0 Å². The van der Waals surface area contributed by atoms with E-state index < -0.39 is 5.91 Å². The normalized spacial score (nSPS) is 10.2. The van der Waals surface area contributed by atoms with Crippen LogP contribution in [0.5, 0.6) is 0 Å². The first-order valence-corrected chi connectivity index (χ1v) is 7.37. The molecule has 108 valence electrons. The maximum Gasteiger partial charge on any atom is 0.257 e. The monoisotopic (exact) mass is 301 g/mol. The van der Waals surface area contributed by atoms with Gasteiger partial charge in [0.2, 0.25) is 5.91 Å². The summed E-state index contributed by atoms with van der Waals surface area (Å²) in [5, 5.41) is 2.88. The van der Waals surface area contributed by atoms with Gasteiger partial charge in [0.05, 0.1) is 5.75 Å². The van der Waals surface area contributed by atoms with Crippen molar-refractivity contribution in [1.82, 2.24) is 15.3 Å². The third-order valence-electron chi connectivity index (χ3n) is 2.58. The number of imide groups is 1. The highest BCUT2D eigenvalue weighted by atomic mass is 32.2. The van der Waals surface area contributed by atoms with Crippen molar-refractivity contribution in [3.63, 3.8) is 0 Å². The Morgan fingerprint density at radius 1 is 1.10 bits per heavy atom. The maximum absolute atomic E-state index is 11.8. The first kappa shape index (κ1) is 15.2. The SMILES string of the molecule is Cc1cc(C)nc(SCC(=O)NC(=O)c2ccccc2)n1. The minimum absolute atomic E-state index is 0.0987. The largest absolute Gasteiger partial charge is 0.292 e. The number of amides is 2. The van der Waals surface area contributed by atoms with Crippen LogP contribution in [0.25, 0.3) is 0 Å². The van der Waals surface area contributed by atoms with Crippen LogP contribution in [0, 0.1) is 13.8 Å². The van der Waals surface area contributed by atoms with Crippen LogP contribution in [0.4, 0.5) is 0 Å². The van der Waals surface area contributed by atoms with Crippen molar-refractivity contribution in [2.75, 3.05) is 5.75 Å². The summed E-state index contributed by atoms with van der Waals surface area (Å²) in [5.74, 6) is -0.666. The third-order valence-corrected chi connectivity index (χ3v) is 3.43. The molecule has 1 aromatic carbocycles. The van der Waals surface area contributed by atoms with Crippen molar-refractivity contribution in [2.24, 2.45) is 0 Å². The predicted octanol–water partition coefficient (Wildman–Crippen LogP) is 2.14. The Morgan fingerprint density at radius 3 is 2.33 bits per heavy atom. The molecule has 0 saturated carbocycles. The molecule has 6 heteroatoms. The minimum atomic E-state index is -0.400. The molecule has 2 aromatic rings. The Kier molecular flexibility index (Phi) is 5.05. The molecule has 0 spiro atoms. The first-order chi connectivity index (χ1) is 10.0. The van der Waals surface area contributed by atoms with Crippen molar-refractivity contribution < 1.29 is 9.59 Å². The van der Waals surface area contributed by atoms with Crippen molar-refractivity contribution in [3.05, 3.63) is 53.3 Å². The van der Waals surface area contributed by atoms with Gasteiger partial charge in [0.15, 0.2) is 5.16 Å². The van der Waals surface area contributed by atoms with Gasteiger partial charge in [0, 0.05) is 17.0 Å². The topological polar surface area (TPSA) is 72.0 Å². The molecule has 1 N–H and O–H groups in total. The maximum atomic E-state index is 11.8. The average molecular weight is 301 g/mol. The van der Waals surface area contributed by atoms with E-state index in [9.17, 15) is 9.59 Å². The molecule has 0 bridgehead atoms. The van der Waals surface area contributed by atoms with E-state index in [4.69, 9.17) is 0 Å². The fraction of sp³-hybridized carbons (Fsp3) is 0.200. The highest BCUT2D eigenvalue weighted by Gasteiger charge is 2.11. The highest BCUT2D eigenvalue weighted by Crippen LogP contribution is 2.13. The number of hydrogen-bond donors (Lipinski definition) is 1. The zero-order valence-corrected chi connectivity index (χ0v) is 12.6. The lowest BCUT2D eigenvalue weighted by atomic mass is 10.2. The molecule has 0 unspecified atom stereocenters.